The summed E-state index contributed by atoms with van der Waals surface area (Å²) in [6.07, 6.45) is 1.35. The summed E-state index contributed by atoms with van der Waals surface area (Å²) in [4.78, 5) is 16.6. The van der Waals surface area contributed by atoms with Crippen molar-refractivity contribution in [1.82, 2.24) is 10.3 Å². The number of amides is 1. The second-order valence-electron chi connectivity index (χ2n) is 7.34. The maximum Gasteiger partial charge on any atom is 0.255 e. The quantitative estimate of drug-likeness (QED) is 0.486. The van der Waals surface area contributed by atoms with Crippen LogP contribution in [0.2, 0.25) is 0 Å². The topological polar surface area (TPSA) is 92.1 Å². The molecule has 1 N–H and O–H groups in total. The third-order valence-corrected chi connectivity index (χ3v) is 5.27. The van der Waals surface area contributed by atoms with Crippen LogP contribution in [0.3, 0.4) is 0 Å². The van der Waals surface area contributed by atoms with Crippen LogP contribution in [0.1, 0.15) is 16.1 Å². The van der Waals surface area contributed by atoms with E-state index in [1.807, 2.05) is 30.3 Å². The SMILES string of the molecule is CNC(=O)c1c(C)oc2cc(Oc3ccnc4cc(OCC5OCCO5)ccc34)ccc12. The summed E-state index contributed by atoms with van der Waals surface area (Å²) in [6.45, 7) is 3.27. The lowest BCUT2D eigenvalue weighted by atomic mass is 10.1. The number of ether oxygens (including phenoxy) is 4. The Bertz CT molecular complexity index is 1290. The van der Waals surface area contributed by atoms with E-state index in [1.165, 1.54) is 0 Å². The summed E-state index contributed by atoms with van der Waals surface area (Å²) >= 11 is 0. The maximum absolute atomic E-state index is 12.1. The Morgan fingerprint density at radius 3 is 2.69 bits per heavy atom. The van der Waals surface area contributed by atoms with Crippen molar-refractivity contribution in [3.05, 3.63) is 60.0 Å². The Hall–Kier alpha value is -3.62. The number of furan rings is 1. The van der Waals surface area contributed by atoms with Crippen LogP contribution in [0, 0.1) is 6.92 Å². The average Bonchev–Trinajstić information content (AvgIpc) is 3.44. The molecule has 0 radical (unpaired) electrons. The fourth-order valence-electron chi connectivity index (χ4n) is 3.75. The predicted molar refractivity (Wildman–Crippen MR) is 117 cm³/mol. The van der Waals surface area contributed by atoms with Crippen LogP contribution in [-0.4, -0.2) is 44.0 Å². The Morgan fingerprint density at radius 1 is 1.09 bits per heavy atom. The number of nitrogens with zero attached hydrogens (tertiary/aromatic N) is 1. The van der Waals surface area contributed by atoms with Gasteiger partial charge >= 0.3 is 0 Å². The largest absolute Gasteiger partial charge is 0.488 e. The summed E-state index contributed by atoms with van der Waals surface area (Å²) in [5.74, 6) is 2.30. The molecular weight excluding hydrogens is 412 g/mol. The normalized spacial score (nSPS) is 14.2. The molecule has 0 spiro atoms. The number of aromatic nitrogens is 1. The number of pyridine rings is 1. The first-order valence-corrected chi connectivity index (χ1v) is 10.3. The molecule has 4 aromatic rings. The number of aryl methyl sites for hydroxylation is 1. The van der Waals surface area contributed by atoms with Gasteiger partial charge in [0.2, 0.25) is 0 Å². The second kappa shape index (κ2) is 8.49. The van der Waals surface area contributed by atoms with Gasteiger partial charge in [0.1, 0.15) is 35.2 Å². The minimum atomic E-state index is -0.336. The molecule has 2 aromatic heterocycles. The lowest BCUT2D eigenvalue weighted by Crippen LogP contribution is -2.18. The highest BCUT2D eigenvalue weighted by Crippen LogP contribution is 2.34. The fourth-order valence-corrected chi connectivity index (χ4v) is 3.75. The van der Waals surface area contributed by atoms with E-state index in [0.717, 1.165) is 16.3 Å². The molecule has 0 bridgehead atoms. The molecule has 0 unspecified atom stereocenters. The van der Waals surface area contributed by atoms with Crippen molar-refractivity contribution in [2.45, 2.75) is 13.2 Å². The minimum absolute atomic E-state index is 0.181. The smallest absolute Gasteiger partial charge is 0.255 e. The summed E-state index contributed by atoms with van der Waals surface area (Å²) in [5.41, 5.74) is 1.86. The number of rotatable bonds is 6. The molecule has 1 aliphatic heterocycles. The van der Waals surface area contributed by atoms with Crippen LogP contribution in [0.5, 0.6) is 17.2 Å². The van der Waals surface area contributed by atoms with Crippen molar-refractivity contribution in [3.8, 4) is 17.2 Å². The molecule has 1 aliphatic rings. The molecular formula is C24H22N2O6. The highest BCUT2D eigenvalue weighted by molar-refractivity contribution is 6.07. The van der Waals surface area contributed by atoms with E-state index in [1.54, 1.807) is 32.3 Å². The molecule has 3 heterocycles. The molecule has 1 amide bonds. The van der Waals surface area contributed by atoms with Crippen molar-refractivity contribution in [2.75, 3.05) is 26.9 Å². The number of nitrogens with one attached hydrogen (secondary N) is 1. The molecule has 8 heteroatoms. The Morgan fingerprint density at radius 2 is 1.88 bits per heavy atom. The van der Waals surface area contributed by atoms with Crippen LogP contribution in [0.25, 0.3) is 21.9 Å². The Labute approximate surface area is 184 Å². The molecule has 2 aromatic carbocycles. The number of carbonyl (C=O) groups is 1. The first-order valence-electron chi connectivity index (χ1n) is 10.3. The molecule has 1 saturated heterocycles. The van der Waals surface area contributed by atoms with E-state index in [0.29, 0.717) is 54.0 Å². The van der Waals surface area contributed by atoms with Crippen LogP contribution < -0.4 is 14.8 Å². The first-order chi connectivity index (χ1) is 15.6. The van der Waals surface area contributed by atoms with Gasteiger partial charge in [-0.15, -0.1) is 0 Å². The number of benzene rings is 2. The highest BCUT2D eigenvalue weighted by Gasteiger charge is 2.18. The molecule has 5 rings (SSSR count). The van der Waals surface area contributed by atoms with Crippen LogP contribution in [0.4, 0.5) is 0 Å². The van der Waals surface area contributed by atoms with Crippen molar-refractivity contribution in [3.63, 3.8) is 0 Å². The van der Waals surface area contributed by atoms with Gasteiger partial charge in [0, 0.05) is 36.1 Å². The third kappa shape index (κ3) is 3.86. The van der Waals surface area contributed by atoms with E-state index in [2.05, 4.69) is 10.3 Å². The predicted octanol–water partition coefficient (Wildman–Crippen LogP) is 4.19. The maximum atomic E-state index is 12.1. The van der Waals surface area contributed by atoms with Gasteiger partial charge in [-0.3, -0.25) is 9.78 Å². The van der Waals surface area contributed by atoms with E-state index in [9.17, 15) is 4.79 Å². The molecule has 0 aliphatic carbocycles. The van der Waals surface area contributed by atoms with Gasteiger partial charge in [0.15, 0.2) is 6.29 Å². The van der Waals surface area contributed by atoms with Gasteiger partial charge in [-0.05, 0) is 37.3 Å². The summed E-state index contributed by atoms with van der Waals surface area (Å²) in [5, 5.41) is 4.23. The van der Waals surface area contributed by atoms with Crippen molar-refractivity contribution in [1.29, 1.82) is 0 Å². The monoisotopic (exact) mass is 434 g/mol. The molecule has 8 nitrogen and oxygen atoms in total. The molecule has 0 saturated carbocycles. The minimum Gasteiger partial charge on any atom is -0.488 e. The lowest BCUT2D eigenvalue weighted by molar-refractivity contribution is -0.0683. The summed E-state index contributed by atoms with van der Waals surface area (Å²) < 4.78 is 28.5. The first kappa shape index (κ1) is 20.3. The number of hydrogen-bond acceptors (Lipinski definition) is 7. The second-order valence-corrected chi connectivity index (χ2v) is 7.34. The van der Waals surface area contributed by atoms with Gasteiger partial charge in [0.25, 0.3) is 5.91 Å². The third-order valence-electron chi connectivity index (χ3n) is 5.27. The molecule has 0 atom stereocenters. The van der Waals surface area contributed by atoms with Crippen molar-refractivity contribution in [2.24, 2.45) is 0 Å². The highest BCUT2D eigenvalue weighted by atomic mass is 16.7. The lowest BCUT2D eigenvalue weighted by Gasteiger charge is -2.12. The van der Waals surface area contributed by atoms with Gasteiger partial charge < -0.3 is 28.7 Å². The summed E-state index contributed by atoms with van der Waals surface area (Å²) in [7, 11) is 1.60. The van der Waals surface area contributed by atoms with E-state index in [4.69, 9.17) is 23.4 Å². The van der Waals surface area contributed by atoms with Crippen molar-refractivity contribution < 1.29 is 28.2 Å². The van der Waals surface area contributed by atoms with Gasteiger partial charge in [-0.25, -0.2) is 0 Å². The van der Waals surface area contributed by atoms with Crippen molar-refractivity contribution >= 4 is 27.8 Å². The standard InChI is InChI=1S/C24H22N2O6/c1-14-23(24(27)25-2)18-6-4-16(12-21(18)31-14)32-20-7-8-26-19-11-15(3-5-17(19)20)30-13-22-28-9-10-29-22/h3-8,11-12,22H,9-10,13H2,1-2H3,(H,25,27). The molecule has 1 fully saturated rings. The van der Waals surface area contributed by atoms with Crippen LogP contribution in [0.15, 0.2) is 53.1 Å². The zero-order valence-electron chi connectivity index (χ0n) is 17.7. The fraction of sp³-hybridized carbons (Fsp3) is 0.250. The van der Waals surface area contributed by atoms with Gasteiger partial charge in [-0.1, -0.05) is 0 Å². The molecule has 164 valence electrons. The van der Waals surface area contributed by atoms with Crippen LogP contribution in [-0.2, 0) is 9.47 Å². The average molecular weight is 434 g/mol. The van der Waals surface area contributed by atoms with Crippen LogP contribution >= 0.6 is 0 Å². The number of fused-ring (bicyclic) bond motifs is 2. The van der Waals surface area contributed by atoms with E-state index in [-0.39, 0.29) is 12.2 Å². The van der Waals surface area contributed by atoms with Gasteiger partial charge in [-0.2, -0.15) is 0 Å². The number of hydrogen-bond donors (Lipinski definition) is 1. The zero-order chi connectivity index (χ0) is 22.1. The van der Waals surface area contributed by atoms with E-state index < -0.39 is 0 Å². The molecule has 32 heavy (non-hydrogen) atoms. The summed E-state index contributed by atoms with van der Waals surface area (Å²) in [6, 6.07) is 12.8. The zero-order valence-corrected chi connectivity index (χ0v) is 17.7. The van der Waals surface area contributed by atoms with Gasteiger partial charge in [0.05, 0.1) is 24.3 Å². The Kier molecular flexibility index (Phi) is 5.38. The Balaban J connectivity index is 1.39. The number of carbonyl (C=O) groups excluding carboxylic acids is 1. The van der Waals surface area contributed by atoms with E-state index >= 15 is 0 Å².